The van der Waals surface area contributed by atoms with E-state index in [1.54, 1.807) is 0 Å². The Hall–Kier alpha value is -3.33. The molecule has 4 rings (SSSR count). The Morgan fingerprint density at radius 3 is 2.48 bits per heavy atom. The van der Waals surface area contributed by atoms with Gasteiger partial charge in [-0.05, 0) is 54.8 Å². The van der Waals surface area contributed by atoms with Crippen molar-refractivity contribution in [2.45, 2.75) is 20.5 Å². The lowest BCUT2D eigenvalue weighted by atomic mass is 9.99. The molecule has 0 saturated heterocycles. The van der Waals surface area contributed by atoms with Crippen molar-refractivity contribution in [2.24, 2.45) is 0 Å². The summed E-state index contributed by atoms with van der Waals surface area (Å²) in [4.78, 5) is 11.9. The molecule has 4 aromatic rings. The number of carbonyl (C=O) groups excluding carboxylic acids is 1. The zero-order valence-corrected chi connectivity index (χ0v) is 15.5. The van der Waals surface area contributed by atoms with Gasteiger partial charge in [0.2, 0.25) is 0 Å². The minimum absolute atomic E-state index is 0.488. The van der Waals surface area contributed by atoms with E-state index >= 15 is 0 Å². The summed E-state index contributed by atoms with van der Waals surface area (Å²) in [5.74, 6) is 0.823. The molecule has 2 aromatic carbocycles. The fourth-order valence-electron chi connectivity index (χ4n) is 3.56. The van der Waals surface area contributed by atoms with Crippen molar-refractivity contribution in [1.82, 2.24) is 4.40 Å². The first-order valence-electron chi connectivity index (χ1n) is 9.01. The Morgan fingerprint density at radius 1 is 0.926 bits per heavy atom. The third-order valence-corrected chi connectivity index (χ3v) is 4.77. The molecule has 0 radical (unpaired) electrons. The molecule has 0 N–H and O–H groups in total. The third-order valence-electron chi connectivity index (χ3n) is 4.77. The number of ether oxygens (including phenoxy) is 1. The summed E-state index contributed by atoms with van der Waals surface area (Å²) < 4.78 is 8.15. The van der Waals surface area contributed by atoms with E-state index in [9.17, 15) is 4.79 Å². The van der Waals surface area contributed by atoms with Crippen LogP contribution in [0.15, 0.2) is 72.9 Å². The maximum atomic E-state index is 11.9. The molecule has 0 atom stereocenters. The maximum absolute atomic E-state index is 11.9. The standard InChI is InChI=1S/C24H21NO2/c1-17-12-18(2)24(27-16-19-8-4-3-5-9-19)22(13-17)21-14-20-10-6-7-11-25(20)23(21)15-26/h3-15H,16H2,1-2H3. The number of rotatable bonds is 5. The number of carbonyl (C=O) groups is 1. The maximum Gasteiger partial charge on any atom is 0.167 e. The van der Waals surface area contributed by atoms with Gasteiger partial charge in [0.25, 0.3) is 0 Å². The molecule has 0 saturated carbocycles. The van der Waals surface area contributed by atoms with E-state index in [1.165, 1.54) is 0 Å². The Bertz CT molecular complexity index is 1110. The van der Waals surface area contributed by atoms with E-state index < -0.39 is 0 Å². The lowest BCUT2D eigenvalue weighted by molar-refractivity contribution is 0.111. The summed E-state index contributed by atoms with van der Waals surface area (Å²) in [6.45, 7) is 4.60. The summed E-state index contributed by atoms with van der Waals surface area (Å²) in [6.07, 6.45) is 2.83. The number of aldehydes is 1. The van der Waals surface area contributed by atoms with Gasteiger partial charge in [0.15, 0.2) is 6.29 Å². The first-order chi connectivity index (χ1) is 13.2. The Morgan fingerprint density at radius 2 is 1.70 bits per heavy atom. The number of aromatic nitrogens is 1. The normalized spacial score (nSPS) is 10.9. The summed E-state index contributed by atoms with van der Waals surface area (Å²) in [5.41, 5.74) is 6.79. The quantitative estimate of drug-likeness (QED) is 0.435. The zero-order chi connectivity index (χ0) is 18.8. The van der Waals surface area contributed by atoms with Gasteiger partial charge in [0.05, 0.1) is 5.69 Å². The van der Waals surface area contributed by atoms with Crippen LogP contribution >= 0.6 is 0 Å². The second-order valence-corrected chi connectivity index (χ2v) is 6.79. The third kappa shape index (κ3) is 3.24. The van der Waals surface area contributed by atoms with Gasteiger partial charge in [-0.15, -0.1) is 0 Å². The fraction of sp³-hybridized carbons (Fsp3) is 0.125. The second-order valence-electron chi connectivity index (χ2n) is 6.79. The van der Waals surface area contributed by atoms with Crippen molar-refractivity contribution >= 4 is 11.8 Å². The molecule has 0 aliphatic heterocycles. The molecule has 2 aromatic heterocycles. The van der Waals surface area contributed by atoms with E-state index in [4.69, 9.17) is 4.74 Å². The lowest BCUT2D eigenvalue weighted by Gasteiger charge is -2.15. The largest absolute Gasteiger partial charge is 0.488 e. The van der Waals surface area contributed by atoms with Crippen molar-refractivity contribution in [2.75, 3.05) is 0 Å². The smallest absolute Gasteiger partial charge is 0.167 e. The van der Waals surface area contributed by atoms with Gasteiger partial charge in [-0.1, -0.05) is 42.5 Å². The first-order valence-corrected chi connectivity index (χ1v) is 9.01. The highest BCUT2D eigenvalue weighted by atomic mass is 16.5. The van der Waals surface area contributed by atoms with Gasteiger partial charge in [-0.25, -0.2) is 0 Å². The van der Waals surface area contributed by atoms with Gasteiger partial charge in [0.1, 0.15) is 12.4 Å². The van der Waals surface area contributed by atoms with Crippen LogP contribution in [0.25, 0.3) is 16.6 Å². The number of nitrogens with zero attached hydrogens (tertiary/aromatic N) is 1. The van der Waals surface area contributed by atoms with Crippen molar-refractivity contribution in [3.05, 3.63) is 95.3 Å². The molecule has 0 bridgehead atoms. The van der Waals surface area contributed by atoms with Gasteiger partial charge in [-0.3, -0.25) is 4.79 Å². The fourth-order valence-corrected chi connectivity index (χ4v) is 3.56. The Labute approximate surface area is 158 Å². The Balaban J connectivity index is 1.84. The number of aryl methyl sites for hydroxylation is 2. The van der Waals surface area contributed by atoms with E-state index in [2.05, 4.69) is 19.1 Å². The lowest BCUT2D eigenvalue weighted by Crippen LogP contribution is -2.00. The molecule has 0 spiro atoms. The predicted octanol–water partition coefficient (Wildman–Crippen LogP) is 5.61. The van der Waals surface area contributed by atoms with Gasteiger partial charge in [-0.2, -0.15) is 0 Å². The predicted molar refractivity (Wildman–Crippen MR) is 108 cm³/mol. The van der Waals surface area contributed by atoms with E-state index in [1.807, 2.05) is 72.1 Å². The van der Waals surface area contributed by atoms with Crippen LogP contribution in [0.4, 0.5) is 0 Å². The molecule has 134 valence electrons. The summed E-state index contributed by atoms with van der Waals surface area (Å²) >= 11 is 0. The molecular weight excluding hydrogens is 334 g/mol. The summed E-state index contributed by atoms with van der Waals surface area (Å²) in [6, 6.07) is 22.3. The Kier molecular flexibility index (Phi) is 4.51. The van der Waals surface area contributed by atoms with Crippen LogP contribution in [-0.2, 0) is 6.61 Å². The molecule has 3 nitrogen and oxygen atoms in total. The van der Waals surface area contributed by atoms with E-state index in [0.717, 1.165) is 45.4 Å². The number of benzene rings is 2. The highest BCUT2D eigenvalue weighted by Gasteiger charge is 2.17. The molecule has 0 unspecified atom stereocenters. The van der Waals surface area contributed by atoms with Gasteiger partial charge < -0.3 is 9.14 Å². The van der Waals surface area contributed by atoms with Crippen LogP contribution < -0.4 is 4.74 Å². The number of pyridine rings is 1. The van der Waals surface area contributed by atoms with E-state index in [-0.39, 0.29) is 0 Å². The average Bonchev–Trinajstić information content (AvgIpc) is 3.06. The molecule has 27 heavy (non-hydrogen) atoms. The average molecular weight is 355 g/mol. The van der Waals surface area contributed by atoms with Crippen LogP contribution in [0.2, 0.25) is 0 Å². The SMILES string of the molecule is Cc1cc(C)c(OCc2ccccc2)c(-c2cc3ccccn3c2C=O)c1. The minimum atomic E-state index is 0.488. The summed E-state index contributed by atoms with van der Waals surface area (Å²) in [7, 11) is 0. The van der Waals surface area contributed by atoms with Crippen LogP contribution in [0.3, 0.4) is 0 Å². The summed E-state index contributed by atoms with van der Waals surface area (Å²) in [5, 5.41) is 0. The molecule has 0 aliphatic carbocycles. The van der Waals surface area contributed by atoms with Crippen LogP contribution in [-0.4, -0.2) is 10.7 Å². The molecular formula is C24H21NO2. The highest BCUT2D eigenvalue weighted by molar-refractivity contribution is 5.92. The van der Waals surface area contributed by atoms with E-state index in [0.29, 0.717) is 12.3 Å². The number of hydrogen-bond acceptors (Lipinski definition) is 2. The first kappa shape index (κ1) is 17.1. The van der Waals surface area contributed by atoms with Crippen molar-refractivity contribution in [1.29, 1.82) is 0 Å². The zero-order valence-electron chi connectivity index (χ0n) is 15.5. The molecule has 3 heteroatoms. The number of hydrogen-bond donors (Lipinski definition) is 0. The molecule has 0 aliphatic rings. The molecule has 0 amide bonds. The highest BCUT2D eigenvalue weighted by Crippen LogP contribution is 2.37. The van der Waals surface area contributed by atoms with Crippen molar-refractivity contribution in [3.8, 4) is 16.9 Å². The number of fused-ring (bicyclic) bond motifs is 1. The minimum Gasteiger partial charge on any atom is -0.488 e. The van der Waals surface area contributed by atoms with Crippen LogP contribution in [0.5, 0.6) is 5.75 Å². The van der Waals surface area contributed by atoms with Gasteiger partial charge >= 0.3 is 0 Å². The molecule has 2 heterocycles. The monoisotopic (exact) mass is 355 g/mol. The van der Waals surface area contributed by atoms with Crippen LogP contribution in [0, 0.1) is 13.8 Å². The topological polar surface area (TPSA) is 30.7 Å². The van der Waals surface area contributed by atoms with Crippen molar-refractivity contribution < 1.29 is 9.53 Å². The van der Waals surface area contributed by atoms with Gasteiger partial charge in [0, 0.05) is 22.8 Å². The molecule has 0 fully saturated rings. The van der Waals surface area contributed by atoms with Crippen LogP contribution in [0.1, 0.15) is 27.2 Å². The van der Waals surface area contributed by atoms with Crippen molar-refractivity contribution in [3.63, 3.8) is 0 Å². The second kappa shape index (κ2) is 7.12.